The van der Waals surface area contributed by atoms with E-state index < -0.39 is 0 Å². The summed E-state index contributed by atoms with van der Waals surface area (Å²) in [6.45, 7) is 8.17. The van der Waals surface area contributed by atoms with Crippen LogP contribution in [0.1, 0.15) is 40.0 Å². The van der Waals surface area contributed by atoms with Crippen molar-refractivity contribution < 1.29 is 0 Å². The van der Waals surface area contributed by atoms with Crippen molar-refractivity contribution in [1.29, 1.82) is 0 Å². The van der Waals surface area contributed by atoms with Gasteiger partial charge in [-0.05, 0) is 48.5 Å². The van der Waals surface area contributed by atoms with Crippen LogP contribution in [0.15, 0.2) is 0 Å². The molecule has 1 heteroatoms. The summed E-state index contributed by atoms with van der Waals surface area (Å²) in [6.07, 6.45) is 4.30. The van der Waals surface area contributed by atoms with E-state index in [4.69, 9.17) is 5.73 Å². The van der Waals surface area contributed by atoms with Crippen molar-refractivity contribution >= 4 is 0 Å². The molecule has 0 heterocycles. The van der Waals surface area contributed by atoms with E-state index in [9.17, 15) is 0 Å². The van der Waals surface area contributed by atoms with Gasteiger partial charge in [0.2, 0.25) is 0 Å². The van der Waals surface area contributed by atoms with E-state index >= 15 is 0 Å². The third-order valence-electron chi connectivity index (χ3n) is 4.80. The molecule has 0 aromatic carbocycles. The highest BCUT2D eigenvalue weighted by Gasteiger charge is 2.58. The number of hydrogen-bond acceptors (Lipinski definition) is 1. The van der Waals surface area contributed by atoms with Crippen molar-refractivity contribution in [2.75, 3.05) is 6.54 Å². The van der Waals surface area contributed by atoms with E-state index in [2.05, 4.69) is 20.8 Å². The van der Waals surface area contributed by atoms with Crippen LogP contribution in [0, 0.1) is 22.7 Å². The van der Waals surface area contributed by atoms with Crippen molar-refractivity contribution in [2.45, 2.75) is 40.0 Å². The van der Waals surface area contributed by atoms with Crippen LogP contribution < -0.4 is 5.73 Å². The molecule has 0 saturated heterocycles. The summed E-state index contributed by atoms with van der Waals surface area (Å²) >= 11 is 0. The first-order valence-corrected chi connectivity index (χ1v) is 5.21. The number of nitrogens with two attached hydrogens (primary N) is 1. The number of hydrogen-bond donors (Lipinski definition) is 1. The maximum Gasteiger partial charge on any atom is -0.00384 e. The highest BCUT2D eigenvalue weighted by atomic mass is 14.7. The second kappa shape index (κ2) is 2.25. The SMILES string of the molecule is CC1(C)[C@H]2CC[C@](C)(C2)[C@H]1CN. The number of rotatable bonds is 1. The molecule has 12 heavy (non-hydrogen) atoms. The predicted molar refractivity (Wildman–Crippen MR) is 51.8 cm³/mol. The van der Waals surface area contributed by atoms with Crippen molar-refractivity contribution in [1.82, 2.24) is 0 Å². The van der Waals surface area contributed by atoms with Gasteiger partial charge in [0.05, 0.1) is 0 Å². The normalized spacial score (nSPS) is 50.0. The van der Waals surface area contributed by atoms with Crippen molar-refractivity contribution in [2.24, 2.45) is 28.4 Å². The lowest BCUT2D eigenvalue weighted by atomic mass is 9.64. The summed E-state index contributed by atoms with van der Waals surface area (Å²) in [6, 6.07) is 0. The molecular weight excluding hydrogens is 146 g/mol. The highest BCUT2D eigenvalue weighted by molar-refractivity contribution is 5.08. The molecule has 2 aliphatic carbocycles. The maximum atomic E-state index is 5.88. The largest absolute Gasteiger partial charge is 0.330 e. The summed E-state index contributed by atoms with van der Waals surface area (Å²) in [5, 5.41) is 0. The lowest BCUT2D eigenvalue weighted by Gasteiger charge is -2.42. The van der Waals surface area contributed by atoms with E-state index in [0.717, 1.165) is 18.4 Å². The summed E-state index contributed by atoms with van der Waals surface area (Å²) < 4.78 is 0. The van der Waals surface area contributed by atoms with Crippen molar-refractivity contribution in [3.63, 3.8) is 0 Å². The summed E-state index contributed by atoms with van der Waals surface area (Å²) in [7, 11) is 0. The van der Waals surface area contributed by atoms with Gasteiger partial charge in [-0.2, -0.15) is 0 Å². The standard InChI is InChI=1S/C11H21N/c1-10(2)8-4-5-11(3,6-8)9(10)7-12/h8-9H,4-7,12H2,1-3H3/t8-,9-,11+/m0/s1. The molecule has 2 aliphatic rings. The monoisotopic (exact) mass is 167 g/mol. The van der Waals surface area contributed by atoms with Crippen LogP contribution in [0.2, 0.25) is 0 Å². The Kier molecular flexibility index (Phi) is 1.61. The van der Waals surface area contributed by atoms with Gasteiger partial charge in [-0.3, -0.25) is 0 Å². The Morgan fingerprint density at radius 2 is 2.00 bits per heavy atom. The zero-order chi connectivity index (χ0) is 8.98. The van der Waals surface area contributed by atoms with E-state index in [-0.39, 0.29) is 0 Å². The molecule has 1 nitrogen and oxygen atoms in total. The summed E-state index contributed by atoms with van der Waals surface area (Å²) in [4.78, 5) is 0. The van der Waals surface area contributed by atoms with Crippen LogP contribution in [0.25, 0.3) is 0 Å². The Hall–Kier alpha value is -0.0400. The molecule has 2 fully saturated rings. The fraction of sp³-hybridized carbons (Fsp3) is 1.00. The van der Waals surface area contributed by atoms with E-state index in [1.165, 1.54) is 19.3 Å². The lowest BCUT2D eigenvalue weighted by molar-refractivity contribution is 0.0817. The van der Waals surface area contributed by atoms with E-state index in [0.29, 0.717) is 10.8 Å². The predicted octanol–water partition coefficient (Wildman–Crippen LogP) is 2.41. The molecule has 0 unspecified atom stereocenters. The van der Waals surface area contributed by atoms with Crippen LogP contribution in [0.3, 0.4) is 0 Å². The van der Waals surface area contributed by atoms with Crippen LogP contribution in [0.5, 0.6) is 0 Å². The molecule has 0 amide bonds. The van der Waals surface area contributed by atoms with E-state index in [1.807, 2.05) is 0 Å². The lowest BCUT2D eigenvalue weighted by Crippen LogP contribution is -2.39. The second-order valence-electron chi connectivity index (χ2n) is 5.70. The Labute approximate surface area is 75.7 Å². The molecule has 0 aromatic heterocycles. The topological polar surface area (TPSA) is 26.0 Å². The van der Waals surface area contributed by atoms with Crippen LogP contribution in [0.4, 0.5) is 0 Å². The minimum atomic E-state index is 0.516. The number of fused-ring (bicyclic) bond motifs is 2. The van der Waals surface area contributed by atoms with Crippen LogP contribution in [-0.2, 0) is 0 Å². The molecule has 2 N–H and O–H groups in total. The molecule has 2 saturated carbocycles. The molecule has 0 spiro atoms. The van der Waals surface area contributed by atoms with Gasteiger partial charge in [0, 0.05) is 0 Å². The summed E-state index contributed by atoms with van der Waals surface area (Å²) in [5.41, 5.74) is 6.98. The molecule has 2 bridgehead atoms. The third kappa shape index (κ3) is 0.834. The Bertz CT molecular complexity index is 192. The first-order chi connectivity index (χ1) is 5.50. The second-order valence-corrected chi connectivity index (χ2v) is 5.70. The van der Waals surface area contributed by atoms with Crippen LogP contribution in [-0.4, -0.2) is 6.54 Å². The fourth-order valence-corrected chi connectivity index (χ4v) is 3.99. The Balaban J connectivity index is 2.31. The molecule has 0 radical (unpaired) electrons. The molecule has 0 aliphatic heterocycles. The van der Waals surface area contributed by atoms with E-state index in [1.54, 1.807) is 0 Å². The van der Waals surface area contributed by atoms with Gasteiger partial charge in [-0.25, -0.2) is 0 Å². The minimum absolute atomic E-state index is 0.516. The smallest absolute Gasteiger partial charge is 0.00384 e. The molecule has 0 aromatic rings. The first-order valence-electron chi connectivity index (χ1n) is 5.21. The average molecular weight is 167 g/mol. The summed E-state index contributed by atoms with van der Waals surface area (Å²) in [5.74, 6) is 1.72. The zero-order valence-corrected chi connectivity index (χ0v) is 8.56. The molecule has 70 valence electrons. The van der Waals surface area contributed by atoms with Crippen molar-refractivity contribution in [3.05, 3.63) is 0 Å². The average Bonchev–Trinajstić information content (AvgIpc) is 2.39. The van der Waals surface area contributed by atoms with Gasteiger partial charge in [-0.15, -0.1) is 0 Å². The van der Waals surface area contributed by atoms with Crippen molar-refractivity contribution in [3.8, 4) is 0 Å². The zero-order valence-electron chi connectivity index (χ0n) is 8.56. The first kappa shape index (κ1) is 8.55. The third-order valence-corrected chi connectivity index (χ3v) is 4.80. The molecular formula is C11H21N. The van der Waals surface area contributed by atoms with Gasteiger partial charge in [0.1, 0.15) is 0 Å². The van der Waals surface area contributed by atoms with Gasteiger partial charge in [-0.1, -0.05) is 20.8 Å². The fourth-order valence-electron chi connectivity index (χ4n) is 3.99. The Morgan fingerprint density at radius 1 is 1.33 bits per heavy atom. The van der Waals surface area contributed by atoms with Crippen LogP contribution >= 0.6 is 0 Å². The quantitative estimate of drug-likeness (QED) is 0.637. The molecule has 3 atom stereocenters. The minimum Gasteiger partial charge on any atom is -0.330 e. The van der Waals surface area contributed by atoms with Gasteiger partial charge in [0.25, 0.3) is 0 Å². The van der Waals surface area contributed by atoms with Gasteiger partial charge >= 0.3 is 0 Å². The molecule has 2 rings (SSSR count). The highest BCUT2D eigenvalue weighted by Crippen LogP contribution is 2.65. The Morgan fingerprint density at radius 3 is 2.33 bits per heavy atom. The van der Waals surface area contributed by atoms with Gasteiger partial charge < -0.3 is 5.73 Å². The van der Waals surface area contributed by atoms with Gasteiger partial charge in [0.15, 0.2) is 0 Å². The maximum absolute atomic E-state index is 5.88.